The van der Waals surface area contributed by atoms with Gasteiger partial charge in [-0.1, -0.05) is 0 Å². The highest BCUT2D eigenvalue weighted by Crippen LogP contribution is 2.19. The molecule has 1 heterocycles. The molecule has 0 radical (unpaired) electrons. The van der Waals surface area contributed by atoms with E-state index in [0.717, 1.165) is 5.69 Å². The number of halogens is 1. The first-order chi connectivity index (χ1) is 5.34. The van der Waals surface area contributed by atoms with Gasteiger partial charge in [0.1, 0.15) is 0 Å². The molecule has 0 saturated carbocycles. The summed E-state index contributed by atoms with van der Waals surface area (Å²) in [7, 11) is 0. The Labute approximate surface area is 72.4 Å². The average molecular weight is 170 g/mol. The van der Waals surface area contributed by atoms with Gasteiger partial charge in [-0.15, -0.1) is 5.10 Å². The summed E-state index contributed by atoms with van der Waals surface area (Å²) >= 11 is 0. The first kappa shape index (κ1) is 9.23. The maximum Gasteiger partial charge on any atom is 0.235 e. The van der Waals surface area contributed by atoms with Gasteiger partial charge in [-0.25, -0.2) is 0 Å². The lowest BCUT2D eigenvalue weighted by Crippen LogP contribution is -2.24. The molecular weight excluding hydrogens is 155 g/mol. The third-order valence-corrected chi connectivity index (χ3v) is 1.99. The van der Waals surface area contributed by atoms with E-state index in [1.54, 1.807) is 11.6 Å². The molecule has 0 aromatic carbocycles. The van der Waals surface area contributed by atoms with Crippen molar-refractivity contribution < 1.29 is 4.39 Å². The SMILES string of the molecule is Cc1c(F)nn(C(C)(C)C)c1C. The van der Waals surface area contributed by atoms with Crippen molar-refractivity contribution in [2.24, 2.45) is 0 Å². The van der Waals surface area contributed by atoms with Crippen molar-refractivity contribution in [2.45, 2.75) is 40.2 Å². The van der Waals surface area contributed by atoms with Crippen LogP contribution in [-0.2, 0) is 5.54 Å². The molecule has 1 aromatic heterocycles. The molecule has 0 amide bonds. The van der Waals surface area contributed by atoms with E-state index >= 15 is 0 Å². The predicted molar refractivity (Wildman–Crippen MR) is 46.7 cm³/mol. The van der Waals surface area contributed by atoms with Gasteiger partial charge < -0.3 is 0 Å². The second kappa shape index (κ2) is 2.57. The number of hydrogen-bond acceptors (Lipinski definition) is 1. The molecule has 0 unspecified atom stereocenters. The summed E-state index contributed by atoms with van der Waals surface area (Å²) in [5.41, 5.74) is 1.41. The fourth-order valence-electron chi connectivity index (χ4n) is 1.20. The van der Waals surface area contributed by atoms with Crippen molar-refractivity contribution >= 4 is 0 Å². The van der Waals surface area contributed by atoms with Crippen LogP contribution in [0.2, 0.25) is 0 Å². The average Bonchev–Trinajstić information content (AvgIpc) is 2.15. The Morgan fingerprint density at radius 3 is 1.92 bits per heavy atom. The third-order valence-electron chi connectivity index (χ3n) is 1.99. The summed E-state index contributed by atoms with van der Waals surface area (Å²) in [4.78, 5) is 0. The van der Waals surface area contributed by atoms with Crippen molar-refractivity contribution in [3.63, 3.8) is 0 Å². The van der Waals surface area contributed by atoms with E-state index in [0.29, 0.717) is 5.56 Å². The Morgan fingerprint density at radius 1 is 1.25 bits per heavy atom. The highest BCUT2D eigenvalue weighted by molar-refractivity contribution is 5.16. The summed E-state index contributed by atoms with van der Waals surface area (Å²) in [6.07, 6.45) is 0. The van der Waals surface area contributed by atoms with Crippen molar-refractivity contribution in [1.29, 1.82) is 0 Å². The topological polar surface area (TPSA) is 17.8 Å². The second-order valence-corrected chi connectivity index (χ2v) is 4.08. The van der Waals surface area contributed by atoms with Crippen molar-refractivity contribution in [2.75, 3.05) is 0 Å². The van der Waals surface area contributed by atoms with Gasteiger partial charge in [0.15, 0.2) is 0 Å². The lowest BCUT2D eigenvalue weighted by Gasteiger charge is -2.20. The molecule has 0 saturated heterocycles. The summed E-state index contributed by atoms with van der Waals surface area (Å²) in [6.45, 7) is 9.65. The minimum atomic E-state index is -0.359. The molecule has 0 atom stereocenters. The van der Waals surface area contributed by atoms with Crippen LogP contribution in [0.4, 0.5) is 4.39 Å². The highest BCUT2D eigenvalue weighted by Gasteiger charge is 2.19. The van der Waals surface area contributed by atoms with Gasteiger partial charge in [-0.05, 0) is 34.6 Å². The van der Waals surface area contributed by atoms with Crippen LogP contribution in [0.3, 0.4) is 0 Å². The third kappa shape index (κ3) is 1.36. The Kier molecular flexibility index (Phi) is 1.98. The van der Waals surface area contributed by atoms with Gasteiger partial charge >= 0.3 is 0 Å². The van der Waals surface area contributed by atoms with Crippen LogP contribution in [-0.4, -0.2) is 9.78 Å². The van der Waals surface area contributed by atoms with E-state index < -0.39 is 0 Å². The monoisotopic (exact) mass is 170 g/mol. The molecule has 3 heteroatoms. The van der Waals surface area contributed by atoms with E-state index in [-0.39, 0.29) is 11.5 Å². The Morgan fingerprint density at radius 2 is 1.75 bits per heavy atom. The van der Waals surface area contributed by atoms with Crippen molar-refractivity contribution in [3.8, 4) is 0 Å². The zero-order valence-corrected chi connectivity index (χ0v) is 8.27. The minimum absolute atomic E-state index is 0.140. The molecule has 0 bridgehead atoms. The van der Waals surface area contributed by atoms with Gasteiger partial charge in [0, 0.05) is 11.3 Å². The molecule has 0 aliphatic rings. The van der Waals surface area contributed by atoms with Crippen LogP contribution in [0.5, 0.6) is 0 Å². The lowest BCUT2D eigenvalue weighted by atomic mass is 10.1. The normalized spacial score (nSPS) is 12.2. The van der Waals surface area contributed by atoms with Gasteiger partial charge in [0.2, 0.25) is 5.95 Å². The standard InChI is InChI=1S/C9H15FN2/c1-6-7(2)12(9(3,4)5)11-8(6)10/h1-5H3. The number of hydrogen-bond donors (Lipinski definition) is 0. The van der Waals surface area contributed by atoms with E-state index in [1.165, 1.54) is 0 Å². The van der Waals surface area contributed by atoms with Crippen molar-refractivity contribution in [3.05, 3.63) is 17.2 Å². The fourth-order valence-corrected chi connectivity index (χ4v) is 1.20. The maximum atomic E-state index is 13.0. The first-order valence-electron chi connectivity index (χ1n) is 4.06. The van der Waals surface area contributed by atoms with E-state index in [9.17, 15) is 4.39 Å². The summed E-state index contributed by atoms with van der Waals surface area (Å²) in [6, 6.07) is 0. The van der Waals surface area contributed by atoms with Crippen LogP contribution in [0.25, 0.3) is 0 Å². The molecule has 0 spiro atoms. The quantitative estimate of drug-likeness (QED) is 0.584. The van der Waals surface area contributed by atoms with Crippen molar-refractivity contribution in [1.82, 2.24) is 9.78 Å². The largest absolute Gasteiger partial charge is 0.261 e. The molecule has 0 aliphatic heterocycles. The molecule has 1 aromatic rings. The van der Waals surface area contributed by atoms with Gasteiger partial charge in [-0.3, -0.25) is 4.68 Å². The highest BCUT2D eigenvalue weighted by atomic mass is 19.1. The lowest BCUT2D eigenvalue weighted by molar-refractivity contribution is 0.335. The predicted octanol–water partition coefficient (Wildman–Crippen LogP) is 2.39. The van der Waals surface area contributed by atoms with Gasteiger partial charge in [0.05, 0.1) is 5.54 Å². The number of aromatic nitrogens is 2. The molecule has 0 N–H and O–H groups in total. The number of nitrogens with zero attached hydrogens (tertiary/aromatic N) is 2. The number of rotatable bonds is 0. The minimum Gasteiger partial charge on any atom is -0.261 e. The second-order valence-electron chi connectivity index (χ2n) is 4.08. The van der Waals surface area contributed by atoms with Crippen LogP contribution in [0.15, 0.2) is 0 Å². The zero-order valence-electron chi connectivity index (χ0n) is 8.27. The zero-order chi connectivity index (χ0) is 9.52. The summed E-state index contributed by atoms with van der Waals surface area (Å²) < 4.78 is 14.7. The van der Waals surface area contributed by atoms with Crippen LogP contribution in [0, 0.1) is 19.8 Å². The van der Waals surface area contributed by atoms with E-state index in [1.807, 2.05) is 27.7 Å². The maximum absolute atomic E-state index is 13.0. The smallest absolute Gasteiger partial charge is 0.235 e. The summed E-state index contributed by atoms with van der Waals surface area (Å²) in [5.74, 6) is -0.359. The van der Waals surface area contributed by atoms with E-state index in [4.69, 9.17) is 0 Å². The molecular formula is C9H15FN2. The summed E-state index contributed by atoms with van der Waals surface area (Å²) in [5, 5.41) is 3.83. The van der Waals surface area contributed by atoms with Crippen LogP contribution in [0.1, 0.15) is 32.0 Å². The Bertz CT molecular complexity index is 294. The van der Waals surface area contributed by atoms with Crippen LogP contribution < -0.4 is 0 Å². The Balaban J connectivity index is 3.28. The first-order valence-corrected chi connectivity index (χ1v) is 4.06. The Hall–Kier alpha value is -0.860. The molecule has 2 nitrogen and oxygen atoms in total. The molecule has 68 valence electrons. The van der Waals surface area contributed by atoms with E-state index in [2.05, 4.69) is 5.10 Å². The van der Waals surface area contributed by atoms with Crippen LogP contribution >= 0.6 is 0 Å². The molecule has 0 fully saturated rings. The van der Waals surface area contributed by atoms with Gasteiger partial charge in [0.25, 0.3) is 0 Å². The molecule has 12 heavy (non-hydrogen) atoms. The molecule has 1 rings (SSSR count). The van der Waals surface area contributed by atoms with Gasteiger partial charge in [-0.2, -0.15) is 4.39 Å². The fraction of sp³-hybridized carbons (Fsp3) is 0.667. The molecule has 0 aliphatic carbocycles.